The summed E-state index contributed by atoms with van der Waals surface area (Å²) in [5.74, 6) is 0.165. The molecule has 1 aromatic rings. The first-order valence-corrected chi connectivity index (χ1v) is 6.28. The Morgan fingerprint density at radius 1 is 1.12 bits per heavy atom. The molecule has 0 radical (unpaired) electrons. The van der Waals surface area contributed by atoms with Crippen molar-refractivity contribution in [3.05, 3.63) is 29.8 Å². The molecule has 3 atom stereocenters. The van der Waals surface area contributed by atoms with Gasteiger partial charge in [0.2, 0.25) is 0 Å². The van der Waals surface area contributed by atoms with Crippen LogP contribution in [0.3, 0.4) is 0 Å². The fourth-order valence-corrected chi connectivity index (χ4v) is 2.70. The molecule has 2 rings (SSSR count). The second-order valence-corrected chi connectivity index (χ2v) is 5.24. The van der Waals surface area contributed by atoms with Crippen LogP contribution in [0.25, 0.3) is 0 Å². The summed E-state index contributed by atoms with van der Waals surface area (Å²) >= 11 is 0. The summed E-state index contributed by atoms with van der Waals surface area (Å²) in [7, 11) is 0. The van der Waals surface area contributed by atoms with Crippen LogP contribution in [0.5, 0.6) is 0 Å². The van der Waals surface area contributed by atoms with E-state index in [0.717, 1.165) is 19.3 Å². The van der Waals surface area contributed by atoms with Crippen LogP contribution in [-0.2, 0) is 0 Å². The molecule has 0 spiro atoms. The zero-order chi connectivity index (χ0) is 12.4. The van der Waals surface area contributed by atoms with Crippen molar-refractivity contribution >= 4 is 5.69 Å². The summed E-state index contributed by atoms with van der Waals surface area (Å²) in [5, 5.41) is 3.04. The standard InChI is InChI=1S/C14H19F2N/c1-9-6-7-13(10(2)8-9)17-14-11(15)4-3-5-12(14)16/h3-5,9-10,13,17H,6-8H2,1-2H3. The maximum absolute atomic E-state index is 13.5. The molecule has 0 heterocycles. The average molecular weight is 239 g/mol. The normalized spacial score (nSPS) is 29.1. The van der Waals surface area contributed by atoms with Gasteiger partial charge in [-0.1, -0.05) is 19.9 Å². The second-order valence-electron chi connectivity index (χ2n) is 5.24. The lowest BCUT2D eigenvalue weighted by Crippen LogP contribution is -2.33. The SMILES string of the molecule is CC1CCC(Nc2c(F)cccc2F)C(C)C1. The molecule has 0 saturated heterocycles. The van der Waals surface area contributed by atoms with E-state index in [2.05, 4.69) is 19.2 Å². The maximum Gasteiger partial charge on any atom is 0.149 e. The van der Waals surface area contributed by atoms with Gasteiger partial charge in [0.1, 0.15) is 17.3 Å². The van der Waals surface area contributed by atoms with E-state index in [1.807, 2.05) is 0 Å². The molecule has 0 amide bonds. The molecule has 1 N–H and O–H groups in total. The number of anilines is 1. The molecule has 0 aliphatic heterocycles. The Hall–Kier alpha value is -1.12. The summed E-state index contributed by atoms with van der Waals surface area (Å²) in [6.45, 7) is 4.38. The largest absolute Gasteiger partial charge is 0.377 e. The van der Waals surface area contributed by atoms with Crippen molar-refractivity contribution in [3.63, 3.8) is 0 Å². The summed E-state index contributed by atoms with van der Waals surface area (Å²) < 4.78 is 27.0. The quantitative estimate of drug-likeness (QED) is 0.815. The zero-order valence-electron chi connectivity index (χ0n) is 10.3. The molecule has 94 valence electrons. The molecule has 1 aliphatic carbocycles. The van der Waals surface area contributed by atoms with Crippen LogP contribution in [0.4, 0.5) is 14.5 Å². The van der Waals surface area contributed by atoms with Gasteiger partial charge in [0.15, 0.2) is 0 Å². The van der Waals surface area contributed by atoms with Crippen LogP contribution < -0.4 is 5.32 Å². The number of rotatable bonds is 2. The van der Waals surface area contributed by atoms with E-state index < -0.39 is 11.6 Å². The maximum atomic E-state index is 13.5. The van der Waals surface area contributed by atoms with Crippen molar-refractivity contribution in [2.45, 2.75) is 39.2 Å². The molecule has 3 unspecified atom stereocenters. The Morgan fingerprint density at radius 3 is 2.35 bits per heavy atom. The van der Waals surface area contributed by atoms with E-state index in [4.69, 9.17) is 0 Å². The number of hydrogen-bond donors (Lipinski definition) is 1. The molecule has 1 fully saturated rings. The van der Waals surface area contributed by atoms with E-state index in [1.54, 1.807) is 0 Å². The van der Waals surface area contributed by atoms with Crippen LogP contribution in [0.2, 0.25) is 0 Å². The van der Waals surface area contributed by atoms with Crippen LogP contribution in [0.1, 0.15) is 33.1 Å². The lowest BCUT2D eigenvalue weighted by atomic mass is 9.80. The molecule has 1 aliphatic rings. The van der Waals surface area contributed by atoms with Gasteiger partial charge in [0, 0.05) is 6.04 Å². The summed E-state index contributed by atoms with van der Waals surface area (Å²) in [4.78, 5) is 0. The number of nitrogens with one attached hydrogen (secondary N) is 1. The van der Waals surface area contributed by atoms with E-state index >= 15 is 0 Å². The van der Waals surface area contributed by atoms with Crippen LogP contribution in [0.15, 0.2) is 18.2 Å². The highest BCUT2D eigenvalue weighted by atomic mass is 19.1. The van der Waals surface area contributed by atoms with Crippen molar-refractivity contribution in [1.82, 2.24) is 0 Å². The van der Waals surface area contributed by atoms with Crippen LogP contribution >= 0.6 is 0 Å². The van der Waals surface area contributed by atoms with Gasteiger partial charge >= 0.3 is 0 Å². The van der Waals surface area contributed by atoms with Crippen molar-refractivity contribution < 1.29 is 8.78 Å². The van der Waals surface area contributed by atoms with E-state index in [1.165, 1.54) is 18.2 Å². The molecular weight excluding hydrogens is 220 g/mol. The minimum atomic E-state index is -0.504. The highest BCUT2D eigenvalue weighted by Gasteiger charge is 2.26. The van der Waals surface area contributed by atoms with Gasteiger partial charge < -0.3 is 5.32 Å². The summed E-state index contributed by atoms with van der Waals surface area (Å²) in [6.07, 6.45) is 3.22. The first kappa shape index (κ1) is 12.3. The van der Waals surface area contributed by atoms with Gasteiger partial charge in [0.05, 0.1) is 0 Å². The first-order chi connectivity index (χ1) is 8.08. The minimum Gasteiger partial charge on any atom is -0.377 e. The predicted molar refractivity (Wildman–Crippen MR) is 65.9 cm³/mol. The first-order valence-electron chi connectivity index (χ1n) is 6.28. The van der Waals surface area contributed by atoms with E-state index in [-0.39, 0.29) is 11.7 Å². The Kier molecular flexibility index (Phi) is 3.65. The highest BCUT2D eigenvalue weighted by Crippen LogP contribution is 2.31. The van der Waals surface area contributed by atoms with E-state index in [0.29, 0.717) is 11.8 Å². The van der Waals surface area contributed by atoms with Gasteiger partial charge in [-0.2, -0.15) is 0 Å². The molecule has 1 nitrogen and oxygen atoms in total. The van der Waals surface area contributed by atoms with Crippen molar-refractivity contribution in [2.24, 2.45) is 11.8 Å². The number of hydrogen-bond acceptors (Lipinski definition) is 1. The number of halogens is 2. The topological polar surface area (TPSA) is 12.0 Å². The Bertz CT molecular complexity index is 372. The molecule has 0 aromatic heterocycles. The molecule has 17 heavy (non-hydrogen) atoms. The van der Waals surface area contributed by atoms with Gasteiger partial charge in [-0.15, -0.1) is 0 Å². The van der Waals surface area contributed by atoms with Gasteiger partial charge in [-0.25, -0.2) is 8.78 Å². The van der Waals surface area contributed by atoms with Gasteiger partial charge in [0.25, 0.3) is 0 Å². The third-order valence-corrected chi connectivity index (χ3v) is 3.72. The molecule has 0 bridgehead atoms. The zero-order valence-corrected chi connectivity index (χ0v) is 10.3. The Balaban J connectivity index is 2.10. The van der Waals surface area contributed by atoms with Crippen molar-refractivity contribution in [2.75, 3.05) is 5.32 Å². The summed E-state index contributed by atoms with van der Waals surface area (Å²) in [5.41, 5.74) is 0.0268. The lowest BCUT2D eigenvalue weighted by Gasteiger charge is -2.34. The Labute approximate surface area is 101 Å². The third-order valence-electron chi connectivity index (χ3n) is 3.72. The Morgan fingerprint density at radius 2 is 1.76 bits per heavy atom. The predicted octanol–water partition coefficient (Wildman–Crippen LogP) is 4.20. The van der Waals surface area contributed by atoms with Crippen LogP contribution in [-0.4, -0.2) is 6.04 Å². The minimum absolute atomic E-state index is 0.0268. The molecule has 1 saturated carbocycles. The molecule has 3 heteroatoms. The fourth-order valence-electron chi connectivity index (χ4n) is 2.70. The summed E-state index contributed by atoms with van der Waals surface area (Å²) in [6, 6.07) is 4.16. The molecule has 1 aromatic carbocycles. The number of para-hydroxylation sites is 1. The smallest absolute Gasteiger partial charge is 0.149 e. The van der Waals surface area contributed by atoms with E-state index in [9.17, 15) is 8.78 Å². The van der Waals surface area contributed by atoms with Gasteiger partial charge in [-0.3, -0.25) is 0 Å². The lowest BCUT2D eigenvalue weighted by molar-refractivity contribution is 0.275. The third kappa shape index (κ3) is 2.76. The van der Waals surface area contributed by atoms with Gasteiger partial charge in [-0.05, 0) is 43.2 Å². The number of benzene rings is 1. The fraction of sp³-hybridized carbons (Fsp3) is 0.571. The molecular formula is C14H19F2N. The second kappa shape index (κ2) is 5.03. The average Bonchev–Trinajstić information content (AvgIpc) is 2.26. The monoisotopic (exact) mass is 239 g/mol. The van der Waals surface area contributed by atoms with Crippen molar-refractivity contribution in [3.8, 4) is 0 Å². The highest BCUT2D eigenvalue weighted by molar-refractivity contribution is 5.47. The van der Waals surface area contributed by atoms with Crippen molar-refractivity contribution in [1.29, 1.82) is 0 Å². The van der Waals surface area contributed by atoms with Crippen LogP contribution in [0, 0.1) is 23.5 Å².